The van der Waals surface area contributed by atoms with Crippen LogP contribution in [0.25, 0.3) is 0 Å². The maximum atomic E-state index is 5.89. The molecule has 0 aromatic heterocycles. The average Bonchev–Trinajstić information content (AvgIpc) is 2.48. The third kappa shape index (κ3) is 4.10. The number of hydrogen-bond acceptors (Lipinski definition) is 2. The second kappa shape index (κ2) is 7.31. The van der Waals surface area contributed by atoms with Gasteiger partial charge in [-0.15, -0.1) is 0 Å². The van der Waals surface area contributed by atoms with Crippen molar-refractivity contribution in [3.8, 4) is 0 Å². The van der Waals surface area contributed by atoms with E-state index in [1.54, 1.807) is 7.11 Å². The third-order valence-electron chi connectivity index (χ3n) is 2.88. The Morgan fingerprint density at radius 2 is 1.70 bits per heavy atom. The molecule has 0 fully saturated rings. The van der Waals surface area contributed by atoms with E-state index in [0.29, 0.717) is 19.1 Å². The molecule has 2 rings (SSSR count). The molecule has 0 radical (unpaired) electrons. The molecule has 4 heteroatoms. The molecule has 0 unspecified atom stereocenters. The van der Waals surface area contributed by atoms with Crippen molar-refractivity contribution >= 4 is 11.6 Å². The van der Waals surface area contributed by atoms with Gasteiger partial charge < -0.3 is 15.8 Å². The predicted molar refractivity (Wildman–Crippen MR) is 82.5 cm³/mol. The van der Waals surface area contributed by atoms with Gasteiger partial charge >= 0.3 is 0 Å². The van der Waals surface area contributed by atoms with Gasteiger partial charge in [-0.1, -0.05) is 42.5 Å². The Kier molecular flexibility index (Phi) is 5.15. The molecule has 2 aromatic rings. The van der Waals surface area contributed by atoms with E-state index in [4.69, 9.17) is 10.5 Å². The van der Waals surface area contributed by atoms with Gasteiger partial charge in [-0.25, -0.2) is 4.99 Å². The number of rotatable bonds is 5. The molecule has 0 amide bonds. The van der Waals surface area contributed by atoms with Gasteiger partial charge in [0.05, 0.1) is 13.2 Å². The van der Waals surface area contributed by atoms with Crippen LogP contribution >= 0.6 is 0 Å². The molecule has 0 bridgehead atoms. The highest BCUT2D eigenvalue weighted by molar-refractivity contribution is 5.92. The summed E-state index contributed by atoms with van der Waals surface area (Å²) < 4.78 is 5.18. The second-order valence-corrected chi connectivity index (χ2v) is 4.39. The van der Waals surface area contributed by atoms with Crippen LogP contribution in [0.5, 0.6) is 0 Å². The summed E-state index contributed by atoms with van der Waals surface area (Å²) >= 11 is 0. The van der Waals surface area contributed by atoms with Crippen LogP contribution in [0.4, 0.5) is 5.69 Å². The number of nitrogens with two attached hydrogens (primary N) is 1. The van der Waals surface area contributed by atoms with Crippen molar-refractivity contribution in [2.75, 3.05) is 12.4 Å². The highest BCUT2D eigenvalue weighted by atomic mass is 16.5. The lowest BCUT2D eigenvalue weighted by Crippen LogP contribution is -2.22. The van der Waals surface area contributed by atoms with E-state index in [0.717, 1.165) is 16.8 Å². The number of ether oxygens (including phenoxy) is 1. The number of guanidine groups is 1. The van der Waals surface area contributed by atoms with Crippen LogP contribution < -0.4 is 11.1 Å². The molecule has 3 N–H and O–H groups in total. The molecule has 0 saturated carbocycles. The summed E-state index contributed by atoms with van der Waals surface area (Å²) in [5, 5.41) is 3.06. The van der Waals surface area contributed by atoms with Crippen LogP contribution in [0.2, 0.25) is 0 Å². The third-order valence-corrected chi connectivity index (χ3v) is 2.88. The van der Waals surface area contributed by atoms with Crippen LogP contribution in [-0.4, -0.2) is 13.1 Å². The molecule has 0 aliphatic carbocycles. The Morgan fingerprint density at radius 3 is 2.40 bits per heavy atom. The maximum Gasteiger partial charge on any atom is 0.193 e. The van der Waals surface area contributed by atoms with E-state index in [-0.39, 0.29) is 0 Å². The molecule has 4 nitrogen and oxygen atoms in total. The summed E-state index contributed by atoms with van der Waals surface area (Å²) in [5.74, 6) is 0.406. The molecule has 0 spiro atoms. The summed E-state index contributed by atoms with van der Waals surface area (Å²) in [5.41, 5.74) is 9.06. The van der Waals surface area contributed by atoms with Crippen LogP contribution in [0.3, 0.4) is 0 Å². The summed E-state index contributed by atoms with van der Waals surface area (Å²) in [6.45, 7) is 1.11. The van der Waals surface area contributed by atoms with Gasteiger partial charge in [0.1, 0.15) is 0 Å². The fourth-order valence-corrected chi connectivity index (χ4v) is 1.89. The van der Waals surface area contributed by atoms with Gasteiger partial charge in [0.25, 0.3) is 0 Å². The molecule has 0 saturated heterocycles. The molecule has 0 atom stereocenters. The number of aliphatic imine (C=N–C) groups is 1. The lowest BCUT2D eigenvalue weighted by atomic mass is 10.1. The zero-order chi connectivity index (χ0) is 14.2. The quantitative estimate of drug-likeness (QED) is 0.648. The number of benzene rings is 2. The Hall–Kier alpha value is -2.33. The first-order valence-electron chi connectivity index (χ1n) is 6.47. The normalized spacial score (nSPS) is 11.3. The number of methoxy groups -OCH3 is 1. The second-order valence-electron chi connectivity index (χ2n) is 4.39. The van der Waals surface area contributed by atoms with Gasteiger partial charge in [0, 0.05) is 12.8 Å². The van der Waals surface area contributed by atoms with Crippen molar-refractivity contribution in [1.29, 1.82) is 0 Å². The monoisotopic (exact) mass is 269 g/mol. The maximum absolute atomic E-state index is 5.89. The zero-order valence-corrected chi connectivity index (χ0v) is 11.5. The molecular formula is C16H19N3O. The van der Waals surface area contributed by atoms with E-state index in [1.807, 2.05) is 54.6 Å². The Morgan fingerprint density at radius 1 is 1.05 bits per heavy atom. The number of nitrogens with one attached hydrogen (secondary N) is 1. The predicted octanol–water partition coefficient (Wildman–Crippen LogP) is 2.76. The standard InChI is InChI=1S/C16H19N3O/c1-20-12-14-8-6-5-7-13(14)11-18-16(17)19-15-9-3-2-4-10-15/h2-10H,11-12H2,1H3,(H3,17,18,19). The van der Waals surface area contributed by atoms with Crippen LogP contribution in [0.1, 0.15) is 11.1 Å². The minimum Gasteiger partial charge on any atom is -0.380 e. The molecule has 0 heterocycles. The molecule has 0 aliphatic heterocycles. The van der Waals surface area contributed by atoms with Crippen LogP contribution in [-0.2, 0) is 17.9 Å². The highest BCUT2D eigenvalue weighted by Gasteiger charge is 2.01. The van der Waals surface area contributed by atoms with Crippen molar-refractivity contribution in [2.24, 2.45) is 10.7 Å². The van der Waals surface area contributed by atoms with Gasteiger partial charge in [0.15, 0.2) is 5.96 Å². The lowest BCUT2D eigenvalue weighted by Gasteiger charge is -2.08. The highest BCUT2D eigenvalue weighted by Crippen LogP contribution is 2.11. The topological polar surface area (TPSA) is 59.6 Å². The molecule has 20 heavy (non-hydrogen) atoms. The summed E-state index contributed by atoms with van der Waals surface area (Å²) in [6, 6.07) is 17.8. The van der Waals surface area contributed by atoms with Crippen LogP contribution in [0, 0.1) is 0 Å². The van der Waals surface area contributed by atoms with Gasteiger partial charge in [-0.2, -0.15) is 0 Å². The fourth-order valence-electron chi connectivity index (χ4n) is 1.89. The number of nitrogens with zero attached hydrogens (tertiary/aromatic N) is 1. The van der Waals surface area contributed by atoms with Crippen molar-refractivity contribution in [3.05, 3.63) is 65.7 Å². The van der Waals surface area contributed by atoms with Crippen LogP contribution in [0.15, 0.2) is 59.6 Å². The van der Waals surface area contributed by atoms with Crippen molar-refractivity contribution in [3.63, 3.8) is 0 Å². The summed E-state index contributed by atoms with van der Waals surface area (Å²) in [6.07, 6.45) is 0. The first kappa shape index (κ1) is 14.1. The molecule has 104 valence electrons. The van der Waals surface area contributed by atoms with E-state index in [2.05, 4.69) is 10.3 Å². The summed E-state index contributed by atoms with van der Waals surface area (Å²) in [4.78, 5) is 4.36. The largest absolute Gasteiger partial charge is 0.380 e. The van der Waals surface area contributed by atoms with E-state index >= 15 is 0 Å². The Labute approximate surface area is 119 Å². The van der Waals surface area contributed by atoms with Crippen molar-refractivity contribution in [1.82, 2.24) is 0 Å². The number of hydrogen-bond donors (Lipinski definition) is 2. The van der Waals surface area contributed by atoms with E-state index in [1.165, 1.54) is 0 Å². The summed E-state index contributed by atoms with van der Waals surface area (Å²) in [7, 11) is 1.69. The van der Waals surface area contributed by atoms with E-state index in [9.17, 15) is 0 Å². The Bertz CT molecular complexity index is 567. The smallest absolute Gasteiger partial charge is 0.193 e. The molecule has 2 aromatic carbocycles. The molecule has 0 aliphatic rings. The van der Waals surface area contributed by atoms with Crippen molar-refractivity contribution in [2.45, 2.75) is 13.2 Å². The first-order valence-corrected chi connectivity index (χ1v) is 6.47. The van der Waals surface area contributed by atoms with Crippen molar-refractivity contribution < 1.29 is 4.74 Å². The minimum absolute atomic E-state index is 0.406. The average molecular weight is 269 g/mol. The number of para-hydroxylation sites is 1. The Balaban J connectivity index is 2.01. The zero-order valence-electron chi connectivity index (χ0n) is 11.5. The SMILES string of the molecule is COCc1ccccc1CN=C(N)Nc1ccccc1. The first-order chi connectivity index (χ1) is 9.79. The van der Waals surface area contributed by atoms with Gasteiger partial charge in [-0.3, -0.25) is 0 Å². The fraction of sp³-hybridized carbons (Fsp3) is 0.188. The minimum atomic E-state index is 0.406. The number of anilines is 1. The lowest BCUT2D eigenvalue weighted by molar-refractivity contribution is 0.184. The van der Waals surface area contributed by atoms with Gasteiger partial charge in [0.2, 0.25) is 0 Å². The van der Waals surface area contributed by atoms with E-state index < -0.39 is 0 Å². The molecular weight excluding hydrogens is 250 g/mol. The van der Waals surface area contributed by atoms with Gasteiger partial charge in [-0.05, 0) is 23.3 Å².